The van der Waals surface area contributed by atoms with Crippen LogP contribution in [0.1, 0.15) is 25.7 Å². The molecule has 2 rings (SSSR count). The van der Waals surface area contributed by atoms with Crippen LogP contribution in [0.25, 0.3) is 11.5 Å². The first-order valence-electron chi connectivity index (χ1n) is 6.61. The molecular formula is C14H20N4O. The number of nitrogens with zero attached hydrogens (tertiary/aromatic N) is 3. The largest absolute Gasteiger partial charge is 0.334 e. The van der Waals surface area contributed by atoms with Crippen LogP contribution in [0.4, 0.5) is 0 Å². The second-order valence-corrected chi connectivity index (χ2v) is 4.42. The van der Waals surface area contributed by atoms with Gasteiger partial charge in [0.05, 0.1) is 6.04 Å². The summed E-state index contributed by atoms with van der Waals surface area (Å²) in [6.07, 6.45) is 0. The van der Waals surface area contributed by atoms with Gasteiger partial charge < -0.3 is 15.2 Å². The van der Waals surface area contributed by atoms with Crippen molar-refractivity contribution < 1.29 is 4.52 Å². The van der Waals surface area contributed by atoms with Crippen LogP contribution >= 0.6 is 0 Å². The van der Waals surface area contributed by atoms with E-state index in [1.54, 1.807) is 0 Å². The Morgan fingerprint density at radius 3 is 2.53 bits per heavy atom. The molecule has 0 bridgehead atoms. The maximum absolute atomic E-state index is 6.11. The van der Waals surface area contributed by atoms with Crippen LogP contribution in [0.15, 0.2) is 34.9 Å². The standard InChI is InChI=1S/C14H20N4O/c1-3-18(4-2)10-12(15)13-16-14(19-17-13)11-8-6-5-7-9-11/h5-9,12H,3-4,10,15H2,1-2H3. The normalized spacial score (nSPS) is 12.8. The zero-order valence-electron chi connectivity index (χ0n) is 11.4. The average Bonchev–Trinajstić information content (AvgIpc) is 2.95. The fraction of sp³-hybridized carbons (Fsp3) is 0.429. The van der Waals surface area contributed by atoms with E-state index in [-0.39, 0.29) is 6.04 Å². The van der Waals surface area contributed by atoms with Crippen LogP contribution in [0, 0.1) is 0 Å². The van der Waals surface area contributed by atoms with Gasteiger partial charge in [0.1, 0.15) is 0 Å². The molecule has 19 heavy (non-hydrogen) atoms. The molecule has 0 aliphatic heterocycles. The van der Waals surface area contributed by atoms with E-state index in [1.807, 2.05) is 30.3 Å². The zero-order valence-corrected chi connectivity index (χ0v) is 11.4. The number of rotatable bonds is 6. The second kappa shape index (κ2) is 6.45. The van der Waals surface area contributed by atoms with Crippen molar-refractivity contribution in [2.24, 2.45) is 5.73 Å². The summed E-state index contributed by atoms with van der Waals surface area (Å²) in [7, 11) is 0. The molecule has 1 unspecified atom stereocenters. The maximum atomic E-state index is 6.11. The first-order valence-corrected chi connectivity index (χ1v) is 6.61. The average molecular weight is 260 g/mol. The quantitative estimate of drug-likeness (QED) is 0.861. The van der Waals surface area contributed by atoms with E-state index in [0.29, 0.717) is 11.7 Å². The summed E-state index contributed by atoms with van der Waals surface area (Å²) in [4.78, 5) is 6.61. The van der Waals surface area contributed by atoms with E-state index in [0.717, 1.165) is 25.2 Å². The SMILES string of the molecule is CCN(CC)CC(N)c1noc(-c2ccccc2)n1. The summed E-state index contributed by atoms with van der Waals surface area (Å²) in [6, 6.07) is 9.48. The fourth-order valence-electron chi connectivity index (χ4n) is 1.93. The molecule has 0 saturated carbocycles. The lowest BCUT2D eigenvalue weighted by atomic mass is 10.2. The van der Waals surface area contributed by atoms with Crippen molar-refractivity contribution in [2.45, 2.75) is 19.9 Å². The maximum Gasteiger partial charge on any atom is 0.257 e. The minimum Gasteiger partial charge on any atom is -0.334 e. The first kappa shape index (κ1) is 13.7. The Labute approximate surface area is 113 Å². The molecule has 1 heterocycles. The molecule has 5 heteroatoms. The topological polar surface area (TPSA) is 68.2 Å². The van der Waals surface area contributed by atoms with Gasteiger partial charge >= 0.3 is 0 Å². The fourth-order valence-corrected chi connectivity index (χ4v) is 1.93. The molecule has 0 aliphatic rings. The number of hydrogen-bond donors (Lipinski definition) is 1. The van der Waals surface area contributed by atoms with Gasteiger partial charge in [0.2, 0.25) is 0 Å². The molecule has 1 atom stereocenters. The summed E-state index contributed by atoms with van der Waals surface area (Å²) in [6.45, 7) is 6.89. The second-order valence-electron chi connectivity index (χ2n) is 4.42. The zero-order chi connectivity index (χ0) is 13.7. The highest BCUT2D eigenvalue weighted by atomic mass is 16.5. The van der Waals surface area contributed by atoms with Crippen molar-refractivity contribution in [1.82, 2.24) is 15.0 Å². The van der Waals surface area contributed by atoms with Gasteiger partial charge in [-0.1, -0.05) is 37.2 Å². The molecule has 2 aromatic rings. The lowest BCUT2D eigenvalue weighted by molar-refractivity contribution is 0.278. The summed E-state index contributed by atoms with van der Waals surface area (Å²) < 4.78 is 5.26. The van der Waals surface area contributed by atoms with E-state index in [4.69, 9.17) is 10.3 Å². The number of aromatic nitrogens is 2. The predicted octanol–water partition coefficient (Wildman–Crippen LogP) is 2.08. The van der Waals surface area contributed by atoms with Crippen molar-refractivity contribution in [3.8, 4) is 11.5 Å². The lowest BCUT2D eigenvalue weighted by Crippen LogP contribution is -2.32. The first-order chi connectivity index (χ1) is 9.24. The molecule has 0 fully saturated rings. The van der Waals surface area contributed by atoms with Crippen LogP contribution in [0.5, 0.6) is 0 Å². The van der Waals surface area contributed by atoms with Crippen LogP contribution in [-0.4, -0.2) is 34.7 Å². The molecular weight excluding hydrogens is 240 g/mol. The highest BCUT2D eigenvalue weighted by Crippen LogP contribution is 2.18. The van der Waals surface area contributed by atoms with E-state index < -0.39 is 0 Å². The predicted molar refractivity (Wildman–Crippen MR) is 74.5 cm³/mol. The van der Waals surface area contributed by atoms with Crippen LogP contribution in [-0.2, 0) is 0 Å². The van der Waals surface area contributed by atoms with Crippen molar-refractivity contribution in [3.05, 3.63) is 36.2 Å². The molecule has 1 aromatic heterocycles. The van der Waals surface area contributed by atoms with Gasteiger partial charge in [-0.25, -0.2) is 0 Å². The number of benzene rings is 1. The molecule has 0 spiro atoms. The molecule has 0 amide bonds. The van der Waals surface area contributed by atoms with Crippen molar-refractivity contribution in [3.63, 3.8) is 0 Å². The van der Waals surface area contributed by atoms with E-state index in [2.05, 4.69) is 28.9 Å². The third-order valence-electron chi connectivity index (χ3n) is 3.14. The third kappa shape index (κ3) is 3.39. The highest BCUT2D eigenvalue weighted by Gasteiger charge is 2.17. The minimum absolute atomic E-state index is 0.221. The Balaban J connectivity index is 2.08. The van der Waals surface area contributed by atoms with Crippen LogP contribution in [0.2, 0.25) is 0 Å². The molecule has 2 N–H and O–H groups in total. The third-order valence-corrected chi connectivity index (χ3v) is 3.14. The van der Waals surface area contributed by atoms with Gasteiger partial charge in [-0.05, 0) is 25.2 Å². The molecule has 0 saturated heterocycles. The summed E-state index contributed by atoms with van der Waals surface area (Å²) in [5.74, 6) is 1.08. The van der Waals surface area contributed by atoms with Gasteiger partial charge in [-0.3, -0.25) is 0 Å². The molecule has 0 radical (unpaired) electrons. The molecule has 5 nitrogen and oxygen atoms in total. The summed E-state index contributed by atoms with van der Waals surface area (Å²) in [5.41, 5.74) is 7.03. The van der Waals surface area contributed by atoms with E-state index >= 15 is 0 Å². The van der Waals surface area contributed by atoms with Crippen LogP contribution < -0.4 is 5.73 Å². The van der Waals surface area contributed by atoms with E-state index in [1.165, 1.54) is 0 Å². The summed E-state index contributed by atoms with van der Waals surface area (Å²) >= 11 is 0. The van der Waals surface area contributed by atoms with Crippen molar-refractivity contribution in [2.75, 3.05) is 19.6 Å². The van der Waals surface area contributed by atoms with Gasteiger partial charge in [-0.15, -0.1) is 0 Å². The lowest BCUT2D eigenvalue weighted by Gasteiger charge is -2.20. The Morgan fingerprint density at radius 1 is 1.21 bits per heavy atom. The summed E-state index contributed by atoms with van der Waals surface area (Å²) in [5, 5.41) is 3.98. The van der Waals surface area contributed by atoms with E-state index in [9.17, 15) is 0 Å². The van der Waals surface area contributed by atoms with Gasteiger partial charge in [0, 0.05) is 12.1 Å². The van der Waals surface area contributed by atoms with Crippen LogP contribution in [0.3, 0.4) is 0 Å². The Bertz CT molecular complexity index is 493. The molecule has 0 aliphatic carbocycles. The van der Waals surface area contributed by atoms with Gasteiger partial charge in [0.25, 0.3) is 5.89 Å². The smallest absolute Gasteiger partial charge is 0.257 e. The Morgan fingerprint density at radius 2 is 1.89 bits per heavy atom. The highest BCUT2D eigenvalue weighted by molar-refractivity contribution is 5.52. The minimum atomic E-state index is -0.221. The van der Waals surface area contributed by atoms with Gasteiger partial charge in [-0.2, -0.15) is 4.98 Å². The van der Waals surface area contributed by atoms with Crippen molar-refractivity contribution >= 4 is 0 Å². The molecule has 1 aromatic carbocycles. The van der Waals surface area contributed by atoms with Gasteiger partial charge in [0.15, 0.2) is 5.82 Å². The number of nitrogens with two attached hydrogens (primary N) is 1. The number of hydrogen-bond acceptors (Lipinski definition) is 5. The Kier molecular flexibility index (Phi) is 4.65. The number of likely N-dealkylation sites (N-methyl/N-ethyl adjacent to an activating group) is 1. The Hall–Kier alpha value is -1.72. The van der Waals surface area contributed by atoms with Crippen molar-refractivity contribution in [1.29, 1.82) is 0 Å². The molecule has 102 valence electrons. The monoisotopic (exact) mass is 260 g/mol.